The van der Waals surface area contributed by atoms with Crippen molar-refractivity contribution in [1.29, 1.82) is 0 Å². The van der Waals surface area contributed by atoms with Crippen molar-refractivity contribution < 1.29 is 4.79 Å². The van der Waals surface area contributed by atoms with Crippen LogP contribution in [0, 0.1) is 10.8 Å². The molecule has 2 aliphatic rings. The van der Waals surface area contributed by atoms with Crippen molar-refractivity contribution in [1.82, 2.24) is 10.6 Å². The molecular weight excluding hydrogens is 212 g/mol. The summed E-state index contributed by atoms with van der Waals surface area (Å²) in [5.74, 6) is 0.180. The van der Waals surface area contributed by atoms with E-state index in [1.807, 2.05) is 0 Å². The molecule has 2 rings (SSSR count). The van der Waals surface area contributed by atoms with E-state index in [-0.39, 0.29) is 35.2 Å². The molecule has 0 bridgehead atoms. The van der Waals surface area contributed by atoms with Crippen molar-refractivity contribution in [2.24, 2.45) is 10.8 Å². The topological polar surface area (TPSA) is 41.1 Å². The second-order valence-electron chi connectivity index (χ2n) is 5.68. The molecule has 2 fully saturated rings. The Hall–Kier alpha value is -0.280. The molecule has 1 aliphatic carbocycles. The predicted octanol–water partition coefficient (Wildman–Crippen LogP) is 1.32. The zero-order chi connectivity index (χ0) is 10.6. The van der Waals surface area contributed by atoms with Gasteiger partial charge in [-0.25, -0.2) is 0 Å². The third-order valence-corrected chi connectivity index (χ3v) is 4.45. The lowest BCUT2D eigenvalue weighted by Gasteiger charge is -2.26. The molecule has 88 valence electrons. The molecule has 0 unspecified atom stereocenters. The molecule has 15 heavy (non-hydrogen) atoms. The fourth-order valence-corrected chi connectivity index (χ4v) is 2.31. The first-order chi connectivity index (χ1) is 6.37. The molecule has 0 aromatic heterocycles. The quantitative estimate of drug-likeness (QED) is 0.754. The highest BCUT2D eigenvalue weighted by Crippen LogP contribution is 2.62. The van der Waals surface area contributed by atoms with Crippen LogP contribution in [0.5, 0.6) is 0 Å². The monoisotopic (exact) mass is 232 g/mol. The summed E-state index contributed by atoms with van der Waals surface area (Å²) in [6.45, 7) is 9.84. The summed E-state index contributed by atoms with van der Waals surface area (Å²) in [6.07, 6.45) is 0.986. The minimum atomic E-state index is 0. The third-order valence-electron chi connectivity index (χ3n) is 4.45. The summed E-state index contributed by atoms with van der Waals surface area (Å²) in [5.41, 5.74) is 0.485. The number of halogens is 1. The fourth-order valence-electron chi connectivity index (χ4n) is 2.31. The van der Waals surface area contributed by atoms with Gasteiger partial charge in [-0.2, -0.15) is 0 Å². The largest absolute Gasteiger partial charge is 0.351 e. The van der Waals surface area contributed by atoms with Gasteiger partial charge in [0.05, 0.1) is 6.04 Å². The first-order valence-electron chi connectivity index (χ1n) is 5.41. The van der Waals surface area contributed by atoms with Gasteiger partial charge in [-0.05, 0) is 23.8 Å². The van der Waals surface area contributed by atoms with Crippen molar-refractivity contribution in [3.63, 3.8) is 0 Å². The summed E-state index contributed by atoms with van der Waals surface area (Å²) in [4.78, 5) is 11.7. The highest BCUT2D eigenvalue weighted by atomic mass is 35.5. The van der Waals surface area contributed by atoms with Crippen LogP contribution in [0.15, 0.2) is 0 Å². The second-order valence-corrected chi connectivity index (χ2v) is 5.68. The third kappa shape index (κ3) is 1.76. The maximum absolute atomic E-state index is 11.7. The summed E-state index contributed by atoms with van der Waals surface area (Å²) in [5, 5.41) is 6.26. The van der Waals surface area contributed by atoms with Crippen LogP contribution >= 0.6 is 12.4 Å². The van der Waals surface area contributed by atoms with E-state index >= 15 is 0 Å². The second kappa shape index (κ2) is 3.63. The predicted molar refractivity (Wildman–Crippen MR) is 63.1 cm³/mol. The van der Waals surface area contributed by atoms with Gasteiger partial charge in [-0.15, -0.1) is 12.4 Å². The van der Waals surface area contributed by atoms with Crippen LogP contribution in [0.1, 0.15) is 34.1 Å². The molecule has 2 N–H and O–H groups in total. The highest BCUT2D eigenvalue weighted by Gasteiger charge is 2.65. The SMILES string of the molecule is CC1(C)C(NC(=O)[C@H]2CCN2)C1(C)C.Cl. The molecule has 0 aromatic rings. The van der Waals surface area contributed by atoms with Gasteiger partial charge in [-0.1, -0.05) is 27.7 Å². The van der Waals surface area contributed by atoms with E-state index in [0.717, 1.165) is 13.0 Å². The van der Waals surface area contributed by atoms with Crippen molar-refractivity contribution >= 4 is 18.3 Å². The number of rotatable bonds is 2. The molecule has 1 saturated carbocycles. The lowest BCUT2D eigenvalue weighted by atomic mass is 10.0. The summed E-state index contributed by atoms with van der Waals surface area (Å²) >= 11 is 0. The molecule has 1 saturated heterocycles. The Bertz CT molecular complexity index is 258. The first kappa shape index (κ1) is 12.8. The minimum absolute atomic E-state index is 0. The summed E-state index contributed by atoms with van der Waals surface area (Å²) in [6, 6.07) is 0.409. The number of hydrogen-bond acceptors (Lipinski definition) is 2. The minimum Gasteiger partial charge on any atom is -0.351 e. The Morgan fingerprint density at radius 1 is 1.27 bits per heavy atom. The van der Waals surface area contributed by atoms with Crippen LogP contribution in [0.4, 0.5) is 0 Å². The van der Waals surface area contributed by atoms with Crippen LogP contribution in [0.2, 0.25) is 0 Å². The van der Waals surface area contributed by atoms with E-state index < -0.39 is 0 Å². The lowest BCUT2D eigenvalue weighted by Crippen LogP contribution is -2.54. The van der Waals surface area contributed by atoms with Gasteiger partial charge < -0.3 is 10.6 Å². The van der Waals surface area contributed by atoms with Crippen LogP contribution in [0.25, 0.3) is 0 Å². The van der Waals surface area contributed by atoms with Crippen LogP contribution in [0.3, 0.4) is 0 Å². The average Bonchev–Trinajstić information content (AvgIpc) is 2.28. The standard InChI is InChI=1S/C11H20N2O.ClH/c1-10(2)9(11(10,3)4)13-8(14)7-5-6-12-7;/h7,9,12H,5-6H2,1-4H3,(H,13,14);1H/t7-;/m1./s1. The molecule has 1 aliphatic heterocycles. The Morgan fingerprint density at radius 2 is 1.73 bits per heavy atom. The Morgan fingerprint density at radius 3 is 2.00 bits per heavy atom. The number of carbonyl (C=O) groups is 1. The Kier molecular flexibility index (Phi) is 3.10. The van der Waals surface area contributed by atoms with Crippen molar-refractivity contribution in [2.75, 3.05) is 6.54 Å². The molecule has 3 nitrogen and oxygen atoms in total. The van der Waals surface area contributed by atoms with Crippen LogP contribution < -0.4 is 10.6 Å². The van der Waals surface area contributed by atoms with Gasteiger partial charge in [0.2, 0.25) is 5.91 Å². The Labute approximate surface area is 97.8 Å². The van der Waals surface area contributed by atoms with Gasteiger partial charge >= 0.3 is 0 Å². The van der Waals surface area contributed by atoms with Gasteiger partial charge in [0.25, 0.3) is 0 Å². The lowest BCUT2D eigenvalue weighted by molar-refractivity contribution is -0.125. The van der Waals surface area contributed by atoms with Gasteiger partial charge in [0, 0.05) is 6.04 Å². The van der Waals surface area contributed by atoms with E-state index in [1.165, 1.54) is 0 Å². The summed E-state index contributed by atoms with van der Waals surface area (Å²) in [7, 11) is 0. The molecule has 0 radical (unpaired) electrons. The fraction of sp³-hybridized carbons (Fsp3) is 0.909. The zero-order valence-corrected chi connectivity index (χ0v) is 10.7. The molecule has 0 spiro atoms. The normalized spacial score (nSPS) is 31.1. The maximum Gasteiger partial charge on any atom is 0.237 e. The molecule has 1 atom stereocenters. The zero-order valence-electron chi connectivity index (χ0n) is 9.89. The molecule has 1 heterocycles. The number of carbonyl (C=O) groups excluding carboxylic acids is 1. The summed E-state index contributed by atoms with van der Waals surface area (Å²) < 4.78 is 0. The smallest absolute Gasteiger partial charge is 0.237 e. The van der Waals surface area contributed by atoms with Crippen molar-refractivity contribution in [3.8, 4) is 0 Å². The van der Waals surface area contributed by atoms with Crippen molar-refractivity contribution in [2.45, 2.75) is 46.2 Å². The number of nitrogens with one attached hydrogen (secondary N) is 2. The van der Waals surface area contributed by atoms with Gasteiger partial charge in [0.15, 0.2) is 0 Å². The van der Waals surface area contributed by atoms with E-state index in [0.29, 0.717) is 6.04 Å². The van der Waals surface area contributed by atoms with Gasteiger partial charge in [0.1, 0.15) is 0 Å². The van der Waals surface area contributed by atoms with E-state index in [9.17, 15) is 4.79 Å². The number of amides is 1. The first-order valence-corrected chi connectivity index (χ1v) is 5.41. The molecular formula is C11H21ClN2O. The Balaban J connectivity index is 0.00000112. The highest BCUT2D eigenvalue weighted by molar-refractivity contribution is 5.85. The molecule has 1 amide bonds. The van der Waals surface area contributed by atoms with E-state index in [4.69, 9.17) is 0 Å². The van der Waals surface area contributed by atoms with E-state index in [2.05, 4.69) is 38.3 Å². The molecule has 0 aromatic carbocycles. The number of hydrogen-bond donors (Lipinski definition) is 2. The average molecular weight is 233 g/mol. The van der Waals surface area contributed by atoms with Crippen LogP contribution in [-0.2, 0) is 4.79 Å². The van der Waals surface area contributed by atoms with Gasteiger partial charge in [-0.3, -0.25) is 4.79 Å². The molecule has 4 heteroatoms. The van der Waals surface area contributed by atoms with E-state index in [1.54, 1.807) is 0 Å². The van der Waals surface area contributed by atoms with Crippen molar-refractivity contribution in [3.05, 3.63) is 0 Å². The van der Waals surface area contributed by atoms with Crippen LogP contribution in [-0.4, -0.2) is 24.5 Å². The maximum atomic E-state index is 11.7.